The van der Waals surface area contributed by atoms with Gasteiger partial charge < -0.3 is 5.73 Å². The lowest BCUT2D eigenvalue weighted by molar-refractivity contribution is 1.64. The van der Waals surface area contributed by atoms with Crippen molar-refractivity contribution < 1.29 is 0 Å². The minimum Gasteiger partial charge on any atom is -0.405 e. The van der Waals surface area contributed by atoms with Crippen molar-refractivity contribution in [1.29, 1.82) is 0 Å². The Morgan fingerprint density at radius 3 is 1.10 bits per heavy atom. The average Bonchev–Trinajstić information content (AvgIpc) is 1.91. The van der Waals surface area contributed by atoms with Crippen LogP contribution in [0.1, 0.15) is 20.8 Å². The van der Waals surface area contributed by atoms with Crippen molar-refractivity contribution in [2.24, 2.45) is 5.73 Å². The summed E-state index contributed by atoms with van der Waals surface area (Å²) in [5.74, 6) is 0. The van der Waals surface area contributed by atoms with Crippen LogP contribution in [0.2, 0.25) is 0 Å². The van der Waals surface area contributed by atoms with Crippen LogP contribution >= 0.6 is 0 Å². The molecule has 10 heavy (non-hydrogen) atoms. The smallest absolute Gasteiger partial charge is 0.0136 e. The zero-order chi connectivity index (χ0) is 8.83. The Morgan fingerprint density at radius 2 is 1.10 bits per heavy atom. The summed E-state index contributed by atoms with van der Waals surface area (Å²) in [5, 5.41) is 0. The van der Waals surface area contributed by atoms with E-state index in [4.69, 9.17) is 0 Å². The summed E-state index contributed by atoms with van der Waals surface area (Å²) in [6, 6.07) is 0. The zero-order valence-electron chi connectivity index (χ0n) is 7.30. The van der Waals surface area contributed by atoms with Crippen LogP contribution in [0.25, 0.3) is 0 Å². The Balaban J connectivity index is -0.0000000750. The van der Waals surface area contributed by atoms with Crippen molar-refractivity contribution in [3.05, 3.63) is 37.6 Å². The van der Waals surface area contributed by atoms with Crippen LogP contribution < -0.4 is 5.73 Å². The molecule has 0 radical (unpaired) electrons. The van der Waals surface area contributed by atoms with Gasteiger partial charge in [-0.25, -0.2) is 0 Å². The standard InChI is InChI=1S/C4H8.C3H6.C2H5N/c1-3-4-2;1-3-2;1-2-3/h3-4H,1-2H3;3H,1H2,2H3;2H,1,3H2/b4-3+;;. The fourth-order valence-corrected chi connectivity index (χ4v) is 0. The van der Waals surface area contributed by atoms with E-state index >= 15 is 0 Å². The van der Waals surface area contributed by atoms with Crippen LogP contribution in [0.4, 0.5) is 0 Å². The Morgan fingerprint density at radius 1 is 1.00 bits per heavy atom. The third-order valence-corrected chi connectivity index (χ3v) is 0.333. The SMILES string of the molecule is C/C=C/C.C=CC.C=CN. The number of hydrogen-bond donors (Lipinski definition) is 1. The van der Waals surface area contributed by atoms with Gasteiger partial charge in [-0.05, 0) is 27.0 Å². The van der Waals surface area contributed by atoms with Crippen LogP contribution in [0.5, 0.6) is 0 Å². The van der Waals surface area contributed by atoms with Gasteiger partial charge in [0.25, 0.3) is 0 Å². The summed E-state index contributed by atoms with van der Waals surface area (Å²) >= 11 is 0. The van der Waals surface area contributed by atoms with Gasteiger partial charge in [0.15, 0.2) is 0 Å². The molecule has 0 saturated carbocycles. The molecule has 0 aromatic rings. The van der Waals surface area contributed by atoms with Crippen LogP contribution in [0.15, 0.2) is 37.6 Å². The molecule has 0 amide bonds. The van der Waals surface area contributed by atoms with E-state index < -0.39 is 0 Å². The lowest BCUT2D eigenvalue weighted by Gasteiger charge is -1.49. The highest BCUT2D eigenvalue weighted by Crippen LogP contribution is 1.57. The van der Waals surface area contributed by atoms with Crippen molar-refractivity contribution in [1.82, 2.24) is 0 Å². The normalized spacial score (nSPS) is 6.30. The van der Waals surface area contributed by atoms with Gasteiger partial charge in [-0.15, -0.1) is 6.58 Å². The maximum Gasteiger partial charge on any atom is -0.0136 e. The Kier molecular flexibility index (Phi) is 69.4. The summed E-state index contributed by atoms with van der Waals surface area (Å²) in [6.07, 6.45) is 7.00. The maximum absolute atomic E-state index is 4.61. The lowest BCUT2D eigenvalue weighted by Crippen LogP contribution is -1.67. The van der Waals surface area contributed by atoms with Crippen LogP contribution in [0, 0.1) is 0 Å². The zero-order valence-corrected chi connectivity index (χ0v) is 7.30. The lowest BCUT2D eigenvalue weighted by atomic mass is 10.6. The molecule has 0 saturated heterocycles. The highest BCUT2D eigenvalue weighted by atomic mass is 14.5. The summed E-state index contributed by atoms with van der Waals surface area (Å²) in [7, 11) is 0. The van der Waals surface area contributed by atoms with Gasteiger partial charge >= 0.3 is 0 Å². The predicted octanol–water partition coefficient (Wildman–Crippen LogP) is 2.86. The molecule has 0 heterocycles. The minimum absolute atomic E-state index is 1.25. The molecule has 0 spiro atoms. The van der Waals surface area contributed by atoms with Crippen molar-refractivity contribution in [2.45, 2.75) is 20.8 Å². The molecule has 0 aromatic carbocycles. The number of nitrogens with two attached hydrogens (primary N) is 1. The topological polar surface area (TPSA) is 26.0 Å². The van der Waals surface area contributed by atoms with Crippen molar-refractivity contribution in [3.63, 3.8) is 0 Å². The molecule has 0 unspecified atom stereocenters. The van der Waals surface area contributed by atoms with Crippen molar-refractivity contribution in [3.8, 4) is 0 Å². The number of rotatable bonds is 0. The molecule has 2 N–H and O–H groups in total. The Labute approximate surface area is 64.9 Å². The third-order valence-electron chi connectivity index (χ3n) is 0.333. The second kappa shape index (κ2) is 43.3. The second-order valence-electron chi connectivity index (χ2n) is 1.31. The van der Waals surface area contributed by atoms with Crippen molar-refractivity contribution in [2.75, 3.05) is 0 Å². The summed E-state index contributed by atoms with van der Waals surface area (Å²) in [6.45, 7) is 12.4. The monoisotopic (exact) mass is 141 g/mol. The molecule has 0 atom stereocenters. The Hall–Kier alpha value is -0.980. The second-order valence-corrected chi connectivity index (χ2v) is 1.31. The highest BCUT2D eigenvalue weighted by molar-refractivity contribution is 4.68. The molecule has 0 aliphatic carbocycles. The highest BCUT2D eigenvalue weighted by Gasteiger charge is 1.34. The van der Waals surface area contributed by atoms with E-state index in [9.17, 15) is 0 Å². The molecule has 60 valence electrons. The first kappa shape index (κ1) is 16.0. The van der Waals surface area contributed by atoms with Crippen LogP contribution in [0.3, 0.4) is 0 Å². The van der Waals surface area contributed by atoms with Crippen LogP contribution in [-0.2, 0) is 0 Å². The Bertz CT molecular complexity index is 62.8. The molecule has 1 heteroatoms. The molecule has 0 rings (SSSR count). The fourth-order valence-electron chi connectivity index (χ4n) is 0. The molecular weight excluding hydrogens is 122 g/mol. The van der Waals surface area contributed by atoms with E-state index in [1.54, 1.807) is 6.08 Å². The first-order valence-electron chi connectivity index (χ1n) is 3.22. The quantitative estimate of drug-likeness (QED) is 0.516. The van der Waals surface area contributed by atoms with Crippen LogP contribution in [-0.4, -0.2) is 0 Å². The molecule has 0 bridgehead atoms. The molecule has 0 fully saturated rings. The van der Waals surface area contributed by atoms with E-state index in [1.165, 1.54) is 6.20 Å². The van der Waals surface area contributed by atoms with E-state index in [-0.39, 0.29) is 0 Å². The number of allylic oxidation sites excluding steroid dienone is 3. The van der Waals surface area contributed by atoms with Gasteiger partial charge in [0, 0.05) is 0 Å². The van der Waals surface area contributed by atoms with E-state index in [0.29, 0.717) is 0 Å². The van der Waals surface area contributed by atoms with Gasteiger partial charge in [0.05, 0.1) is 0 Å². The van der Waals surface area contributed by atoms with Gasteiger partial charge in [-0.1, -0.05) is 24.8 Å². The van der Waals surface area contributed by atoms with Gasteiger partial charge in [-0.3, -0.25) is 0 Å². The first-order chi connectivity index (χ1) is 4.74. The van der Waals surface area contributed by atoms with Gasteiger partial charge in [0.1, 0.15) is 0 Å². The van der Waals surface area contributed by atoms with E-state index in [0.717, 1.165) is 0 Å². The van der Waals surface area contributed by atoms with Gasteiger partial charge in [-0.2, -0.15) is 0 Å². The molecule has 0 aliphatic heterocycles. The summed E-state index contributed by atoms with van der Waals surface area (Å²) in [4.78, 5) is 0. The molecular formula is C9H19N. The summed E-state index contributed by atoms with van der Waals surface area (Å²) in [5.41, 5.74) is 4.61. The van der Waals surface area contributed by atoms with Crippen molar-refractivity contribution >= 4 is 0 Å². The van der Waals surface area contributed by atoms with E-state index in [2.05, 4.69) is 18.9 Å². The average molecular weight is 141 g/mol. The largest absolute Gasteiger partial charge is 0.405 e. The number of hydrogen-bond acceptors (Lipinski definition) is 1. The van der Waals surface area contributed by atoms with E-state index in [1.807, 2.05) is 32.9 Å². The minimum atomic E-state index is 1.25. The molecule has 0 aromatic heterocycles. The summed E-state index contributed by atoms with van der Waals surface area (Å²) < 4.78 is 0. The predicted molar refractivity (Wildman–Crippen MR) is 50.7 cm³/mol. The first-order valence-corrected chi connectivity index (χ1v) is 3.22. The maximum atomic E-state index is 4.61. The molecule has 0 aliphatic rings. The molecule has 1 nitrogen and oxygen atoms in total. The fraction of sp³-hybridized carbons (Fsp3) is 0.333. The van der Waals surface area contributed by atoms with Gasteiger partial charge in [0.2, 0.25) is 0 Å². The third kappa shape index (κ3) is 636000.